The highest BCUT2D eigenvalue weighted by molar-refractivity contribution is 6.31. The molecule has 1 aromatic carbocycles. The minimum atomic E-state index is 0.0420. The zero-order valence-corrected chi connectivity index (χ0v) is 13.4. The highest BCUT2D eigenvalue weighted by Crippen LogP contribution is 2.29. The van der Waals surface area contributed by atoms with E-state index >= 15 is 0 Å². The fraction of sp³-hybridized carbons (Fsp3) is 0.312. The number of imidazole rings is 1. The summed E-state index contributed by atoms with van der Waals surface area (Å²) in [4.78, 5) is 4.68. The summed E-state index contributed by atoms with van der Waals surface area (Å²) in [6, 6.07) is 9.74. The Morgan fingerprint density at radius 1 is 1.29 bits per heavy atom. The van der Waals surface area contributed by atoms with Crippen LogP contribution in [0.1, 0.15) is 30.3 Å². The molecule has 3 rings (SSSR count). The van der Waals surface area contributed by atoms with Crippen molar-refractivity contribution in [2.45, 2.75) is 26.3 Å². The lowest BCUT2D eigenvalue weighted by Gasteiger charge is -2.15. The third-order valence-electron chi connectivity index (χ3n) is 3.60. The van der Waals surface area contributed by atoms with Gasteiger partial charge < -0.3 is 8.98 Å². The maximum Gasteiger partial charge on any atom is 0.126 e. The third-order valence-corrected chi connectivity index (χ3v) is 4.03. The maximum atomic E-state index is 6.14. The first kappa shape index (κ1) is 14.5. The van der Waals surface area contributed by atoms with Crippen LogP contribution in [0.3, 0.4) is 0 Å². The number of aryl methyl sites for hydroxylation is 2. The van der Waals surface area contributed by atoms with Crippen molar-refractivity contribution in [1.29, 1.82) is 0 Å². The lowest BCUT2D eigenvalue weighted by Crippen LogP contribution is -2.10. The van der Waals surface area contributed by atoms with Crippen molar-refractivity contribution >= 4 is 34.2 Å². The van der Waals surface area contributed by atoms with E-state index in [9.17, 15) is 0 Å². The molecule has 0 fully saturated rings. The fourth-order valence-electron chi connectivity index (χ4n) is 2.61. The Morgan fingerprint density at radius 3 is 2.76 bits per heavy atom. The third kappa shape index (κ3) is 2.68. The molecule has 0 aliphatic carbocycles. The molecule has 0 amide bonds. The molecule has 0 aliphatic rings. The van der Waals surface area contributed by atoms with Gasteiger partial charge in [-0.15, -0.1) is 11.6 Å². The second kappa shape index (κ2) is 5.74. The van der Waals surface area contributed by atoms with E-state index in [0.717, 1.165) is 28.4 Å². The Kier molecular flexibility index (Phi) is 3.96. The van der Waals surface area contributed by atoms with Gasteiger partial charge in [-0.1, -0.05) is 11.6 Å². The van der Waals surface area contributed by atoms with Crippen LogP contribution in [0.4, 0.5) is 0 Å². The molecule has 21 heavy (non-hydrogen) atoms. The van der Waals surface area contributed by atoms with Gasteiger partial charge in [0.05, 0.1) is 17.1 Å². The van der Waals surface area contributed by atoms with Crippen molar-refractivity contribution in [1.82, 2.24) is 9.55 Å². The molecule has 0 spiro atoms. The summed E-state index contributed by atoms with van der Waals surface area (Å²) in [5.41, 5.74) is 1.93. The molecular weight excluding hydrogens is 307 g/mol. The fourth-order valence-corrected chi connectivity index (χ4v) is 2.95. The number of aromatic nitrogens is 2. The quantitative estimate of drug-likeness (QED) is 0.634. The van der Waals surface area contributed by atoms with E-state index in [1.165, 1.54) is 0 Å². The number of furan rings is 1. The average Bonchev–Trinajstić information content (AvgIpc) is 3.02. The van der Waals surface area contributed by atoms with E-state index < -0.39 is 0 Å². The topological polar surface area (TPSA) is 31.0 Å². The van der Waals surface area contributed by atoms with Crippen LogP contribution < -0.4 is 0 Å². The van der Waals surface area contributed by atoms with Crippen molar-refractivity contribution in [3.63, 3.8) is 0 Å². The Hall–Kier alpha value is -1.45. The van der Waals surface area contributed by atoms with Gasteiger partial charge in [0.2, 0.25) is 0 Å². The molecule has 110 valence electrons. The molecule has 0 radical (unpaired) electrons. The summed E-state index contributed by atoms with van der Waals surface area (Å²) in [6.07, 6.45) is 0.706. The molecule has 2 aromatic heterocycles. The van der Waals surface area contributed by atoms with Crippen LogP contribution in [0.5, 0.6) is 0 Å². The molecule has 0 saturated heterocycles. The molecule has 0 saturated carbocycles. The summed E-state index contributed by atoms with van der Waals surface area (Å²) in [5.74, 6) is 3.28. The molecule has 1 unspecified atom stereocenters. The van der Waals surface area contributed by atoms with Crippen molar-refractivity contribution in [3.8, 4) is 0 Å². The largest absolute Gasteiger partial charge is 0.464 e. The van der Waals surface area contributed by atoms with Crippen molar-refractivity contribution in [2.24, 2.45) is 0 Å². The molecule has 0 N–H and O–H groups in total. The van der Waals surface area contributed by atoms with Crippen molar-refractivity contribution in [2.75, 3.05) is 5.88 Å². The smallest absolute Gasteiger partial charge is 0.126 e. The van der Waals surface area contributed by atoms with Gasteiger partial charge in [0, 0.05) is 17.3 Å². The first-order valence-electron chi connectivity index (χ1n) is 6.89. The van der Waals surface area contributed by atoms with Gasteiger partial charge in [0.1, 0.15) is 17.3 Å². The Morgan fingerprint density at radius 2 is 2.10 bits per heavy atom. The van der Waals surface area contributed by atoms with Gasteiger partial charge in [0.15, 0.2) is 0 Å². The number of rotatable bonds is 4. The number of alkyl halides is 1. The summed E-state index contributed by atoms with van der Waals surface area (Å²) in [6.45, 7) is 4.04. The van der Waals surface area contributed by atoms with E-state index in [1.54, 1.807) is 0 Å². The SMILES string of the molecule is Cc1ccc(C(C)n2c(CCCl)nc3ccc(Cl)cc32)o1. The molecule has 3 nitrogen and oxygen atoms in total. The predicted octanol–water partition coefficient (Wildman–Crippen LogP) is 4.98. The minimum absolute atomic E-state index is 0.0420. The average molecular weight is 323 g/mol. The first-order valence-corrected chi connectivity index (χ1v) is 7.80. The Bertz CT molecular complexity index is 776. The lowest BCUT2D eigenvalue weighted by atomic mass is 10.2. The Labute approximate surface area is 133 Å². The van der Waals surface area contributed by atoms with Gasteiger partial charge in [-0.3, -0.25) is 0 Å². The predicted molar refractivity (Wildman–Crippen MR) is 86.4 cm³/mol. The number of fused-ring (bicyclic) bond motifs is 1. The summed E-state index contributed by atoms with van der Waals surface area (Å²) in [5, 5.41) is 0.698. The van der Waals surface area contributed by atoms with Crippen molar-refractivity contribution in [3.05, 3.63) is 52.7 Å². The van der Waals surface area contributed by atoms with Crippen LogP contribution in [0.25, 0.3) is 11.0 Å². The first-order chi connectivity index (χ1) is 10.1. The van der Waals surface area contributed by atoms with E-state index in [0.29, 0.717) is 17.3 Å². The number of nitrogens with zero attached hydrogens (tertiary/aromatic N) is 2. The summed E-state index contributed by atoms with van der Waals surface area (Å²) < 4.78 is 7.92. The van der Waals surface area contributed by atoms with E-state index in [2.05, 4.69) is 16.5 Å². The van der Waals surface area contributed by atoms with Gasteiger partial charge in [-0.05, 0) is 44.2 Å². The molecule has 2 heterocycles. The Balaban J connectivity index is 2.18. The molecule has 3 aromatic rings. The van der Waals surface area contributed by atoms with Crippen LogP contribution in [-0.4, -0.2) is 15.4 Å². The summed E-state index contributed by atoms with van der Waals surface area (Å²) >= 11 is 12.1. The molecule has 1 atom stereocenters. The number of hydrogen-bond donors (Lipinski definition) is 0. The highest BCUT2D eigenvalue weighted by atomic mass is 35.5. The monoisotopic (exact) mass is 322 g/mol. The maximum absolute atomic E-state index is 6.14. The zero-order valence-electron chi connectivity index (χ0n) is 11.9. The van der Waals surface area contributed by atoms with Gasteiger partial charge >= 0.3 is 0 Å². The van der Waals surface area contributed by atoms with E-state index in [1.807, 2.05) is 37.3 Å². The van der Waals surface area contributed by atoms with Gasteiger partial charge in [-0.25, -0.2) is 4.98 Å². The normalized spacial score (nSPS) is 13.0. The molecule has 0 bridgehead atoms. The van der Waals surface area contributed by atoms with Crippen molar-refractivity contribution < 1.29 is 4.42 Å². The molecule has 0 aliphatic heterocycles. The van der Waals surface area contributed by atoms with E-state index in [-0.39, 0.29) is 6.04 Å². The summed E-state index contributed by atoms with van der Waals surface area (Å²) in [7, 11) is 0. The number of hydrogen-bond acceptors (Lipinski definition) is 2. The molecular formula is C16H16Cl2N2O. The van der Waals surface area contributed by atoms with Crippen LogP contribution in [-0.2, 0) is 6.42 Å². The second-order valence-electron chi connectivity index (χ2n) is 5.09. The van der Waals surface area contributed by atoms with E-state index in [4.69, 9.17) is 27.6 Å². The van der Waals surface area contributed by atoms with Crippen LogP contribution in [0.2, 0.25) is 5.02 Å². The minimum Gasteiger partial charge on any atom is -0.464 e. The lowest BCUT2D eigenvalue weighted by molar-refractivity contribution is 0.428. The number of benzene rings is 1. The van der Waals surface area contributed by atoms with Gasteiger partial charge in [-0.2, -0.15) is 0 Å². The number of halogens is 2. The van der Waals surface area contributed by atoms with Crippen LogP contribution in [0, 0.1) is 6.92 Å². The highest BCUT2D eigenvalue weighted by Gasteiger charge is 2.19. The standard InChI is InChI=1S/C16H16Cl2N2O/c1-10-3-6-15(21-10)11(2)20-14-9-12(18)4-5-13(14)19-16(20)7-8-17/h3-6,9,11H,7-8H2,1-2H3. The van der Waals surface area contributed by atoms with Crippen LogP contribution in [0.15, 0.2) is 34.7 Å². The zero-order chi connectivity index (χ0) is 15.0. The second-order valence-corrected chi connectivity index (χ2v) is 5.91. The van der Waals surface area contributed by atoms with Crippen LogP contribution >= 0.6 is 23.2 Å². The van der Waals surface area contributed by atoms with Gasteiger partial charge in [0.25, 0.3) is 0 Å². The molecule has 5 heteroatoms.